The fraction of sp³-hybridized carbons (Fsp3) is 0.818. The standard InChI is InChI=1S/C11H19N3O2/c1-9(4-12)5-14(3)10(15)6-16-11(2)7-13-8-11/h9,13H,5-8H2,1-3H3. The van der Waals surface area contributed by atoms with Gasteiger partial charge in [0.15, 0.2) is 0 Å². The van der Waals surface area contributed by atoms with Crippen molar-refractivity contribution in [2.24, 2.45) is 5.92 Å². The molecule has 0 aromatic carbocycles. The molecule has 0 spiro atoms. The summed E-state index contributed by atoms with van der Waals surface area (Å²) in [6, 6.07) is 2.10. The number of carbonyl (C=O) groups is 1. The lowest BCUT2D eigenvalue weighted by Gasteiger charge is -2.39. The van der Waals surface area contributed by atoms with Gasteiger partial charge in [0.05, 0.1) is 17.6 Å². The Morgan fingerprint density at radius 1 is 1.69 bits per heavy atom. The minimum absolute atomic E-state index is 0.0739. The molecule has 0 aromatic rings. The molecule has 1 aliphatic rings. The monoisotopic (exact) mass is 225 g/mol. The van der Waals surface area contributed by atoms with Gasteiger partial charge in [-0.25, -0.2) is 0 Å². The molecule has 90 valence electrons. The van der Waals surface area contributed by atoms with Crippen LogP contribution in [0, 0.1) is 17.2 Å². The number of amides is 1. The van der Waals surface area contributed by atoms with Crippen LogP contribution in [-0.4, -0.2) is 49.7 Å². The molecule has 1 aliphatic heterocycles. The predicted octanol–water partition coefficient (Wildman–Crippen LogP) is -0.0170. The molecule has 1 atom stereocenters. The number of hydrogen-bond acceptors (Lipinski definition) is 4. The molecule has 1 N–H and O–H groups in total. The summed E-state index contributed by atoms with van der Waals surface area (Å²) in [5.41, 5.74) is -0.197. The molecule has 0 saturated carbocycles. The zero-order chi connectivity index (χ0) is 12.2. The smallest absolute Gasteiger partial charge is 0.248 e. The summed E-state index contributed by atoms with van der Waals surface area (Å²) in [7, 11) is 1.70. The van der Waals surface area contributed by atoms with Crippen LogP contribution in [0.15, 0.2) is 0 Å². The van der Waals surface area contributed by atoms with Crippen molar-refractivity contribution in [3.8, 4) is 6.07 Å². The summed E-state index contributed by atoms with van der Waals surface area (Å²) < 4.78 is 5.53. The van der Waals surface area contributed by atoms with E-state index in [0.29, 0.717) is 6.54 Å². The van der Waals surface area contributed by atoms with Crippen molar-refractivity contribution in [3.05, 3.63) is 0 Å². The van der Waals surface area contributed by atoms with E-state index in [-0.39, 0.29) is 24.0 Å². The zero-order valence-electron chi connectivity index (χ0n) is 10.1. The van der Waals surface area contributed by atoms with Crippen LogP contribution in [0.2, 0.25) is 0 Å². The van der Waals surface area contributed by atoms with E-state index >= 15 is 0 Å². The maximum atomic E-state index is 11.7. The summed E-state index contributed by atoms with van der Waals surface area (Å²) in [4.78, 5) is 13.2. The lowest BCUT2D eigenvalue weighted by Crippen LogP contribution is -2.59. The van der Waals surface area contributed by atoms with Crippen molar-refractivity contribution in [2.75, 3.05) is 33.3 Å². The summed E-state index contributed by atoms with van der Waals surface area (Å²) in [6.07, 6.45) is 0. The van der Waals surface area contributed by atoms with Gasteiger partial charge < -0.3 is 15.0 Å². The first-order chi connectivity index (χ1) is 7.47. The van der Waals surface area contributed by atoms with Gasteiger partial charge in [0.1, 0.15) is 6.61 Å². The number of hydrogen-bond donors (Lipinski definition) is 1. The van der Waals surface area contributed by atoms with Gasteiger partial charge in [-0.05, 0) is 13.8 Å². The van der Waals surface area contributed by atoms with Crippen molar-refractivity contribution >= 4 is 5.91 Å². The summed E-state index contributed by atoms with van der Waals surface area (Å²) in [5.74, 6) is -0.217. The van der Waals surface area contributed by atoms with Gasteiger partial charge in [0.25, 0.3) is 0 Å². The number of likely N-dealkylation sites (N-methyl/N-ethyl adjacent to an activating group) is 1. The largest absolute Gasteiger partial charge is 0.363 e. The van der Waals surface area contributed by atoms with Gasteiger partial charge in [-0.3, -0.25) is 4.79 Å². The molecule has 0 aliphatic carbocycles. The number of nitrogens with zero attached hydrogens (tertiary/aromatic N) is 2. The third kappa shape index (κ3) is 3.47. The second-order valence-corrected chi connectivity index (χ2v) is 4.65. The van der Waals surface area contributed by atoms with E-state index in [9.17, 15) is 4.79 Å². The zero-order valence-corrected chi connectivity index (χ0v) is 10.1. The lowest BCUT2D eigenvalue weighted by molar-refractivity contribution is -0.145. The Hall–Kier alpha value is -1.12. The van der Waals surface area contributed by atoms with Gasteiger partial charge in [-0.1, -0.05) is 0 Å². The van der Waals surface area contributed by atoms with E-state index in [1.165, 1.54) is 0 Å². The van der Waals surface area contributed by atoms with Gasteiger partial charge in [0, 0.05) is 26.7 Å². The Kier molecular flexibility index (Phi) is 4.27. The Morgan fingerprint density at radius 3 is 2.75 bits per heavy atom. The quantitative estimate of drug-likeness (QED) is 0.714. The molecule has 1 unspecified atom stereocenters. The van der Waals surface area contributed by atoms with E-state index in [2.05, 4.69) is 11.4 Å². The number of carbonyl (C=O) groups excluding carboxylic acids is 1. The van der Waals surface area contributed by atoms with E-state index < -0.39 is 0 Å². The van der Waals surface area contributed by atoms with E-state index in [1.807, 2.05) is 6.92 Å². The molecule has 1 heterocycles. The van der Waals surface area contributed by atoms with Crippen molar-refractivity contribution in [2.45, 2.75) is 19.4 Å². The van der Waals surface area contributed by atoms with Crippen LogP contribution in [0.5, 0.6) is 0 Å². The lowest BCUT2D eigenvalue weighted by atomic mass is 10.0. The van der Waals surface area contributed by atoms with Crippen molar-refractivity contribution in [1.29, 1.82) is 5.26 Å². The number of nitrogens with one attached hydrogen (secondary N) is 1. The summed E-state index contributed by atoms with van der Waals surface area (Å²) in [5, 5.41) is 11.7. The minimum atomic E-state index is -0.197. The van der Waals surface area contributed by atoms with Gasteiger partial charge in [0.2, 0.25) is 5.91 Å². The highest BCUT2D eigenvalue weighted by molar-refractivity contribution is 5.77. The Bertz CT molecular complexity index is 294. The van der Waals surface area contributed by atoms with Crippen molar-refractivity contribution in [1.82, 2.24) is 10.2 Å². The maximum absolute atomic E-state index is 11.7. The Balaban J connectivity index is 2.26. The first-order valence-corrected chi connectivity index (χ1v) is 5.45. The molecule has 1 saturated heterocycles. The Morgan fingerprint density at radius 2 is 2.31 bits per heavy atom. The Labute approximate surface area is 96.4 Å². The van der Waals surface area contributed by atoms with Crippen LogP contribution in [-0.2, 0) is 9.53 Å². The first kappa shape index (κ1) is 12.9. The number of ether oxygens (including phenoxy) is 1. The molecular weight excluding hydrogens is 206 g/mol. The van der Waals surface area contributed by atoms with Crippen LogP contribution in [0.1, 0.15) is 13.8 Å². The van der Waals surface area contributed by atoms with Crippen molar-refractivity contribution in [3.63, 3.8) is 0 Å². The molecule has 1 fully saturated rings. The average Bonchev–Trinajstić information content (AvgIpc) is 2.22. The number of rotatable bonds is 5. The molecule has 1 rings (SSSR count). The van der Waals surface area contributed by atoms with E-state index in [4.69, 9.17) is 10.00 Å². The van der Waals surface area contributed by atoms with E-state index in [0.717, 1.165) is 13.1 Å². The van der Waals surface area contributed by atoms with Gasteiger partial charge in [-0.2, -0.15) is 5.26 Å². The topological polar surface area (TPSA) is 65.4 Å². The molecule has 1 amide bonds. The van der Waals surface area contributed by atoms with Crippen LogP contribution in [0.3, 0.4) is 0 Å². The third-order valence-electron chi connectivity index (χ3n) is 2.74. The first-order valence-electron chi connectivity index (χ1n) is 5.45. The van der Waals surface area contributed by atoms with Crippen molar-refractivity contribution < 1.29 is 9.53 Å². The van der Waals surface area contributed by atoms with E-state index in [1.54, 1.807) is 18.9 Å². The minimum Gasteiger partial charge on any atom is -0.363 e. The molecule has 0 bridgehead atoms. The van der Waals surface area contributed by atoms with Crippen LogP contribution >= 0.6 is 0 Å². The molecule has 0 aromatic heterocycles. The van der Waals surface area contributed by atoms with Gasteiger partial charge >= 0.3 is 0 Å². The average molecular weight is 225 g/mol. The predicted molar refractivity (Wildman–Crippen MR) is 59.6 cm³/mol. The summed E-state index contributed by atoms with van der Waals surface area (Å²) >= 11 is 0. The molecule has 5 heteroatoms. The van der Waals surface area contributed by atoms with Crippen LogP contribution in [0.25, 0.3) is 0 Å². The molecule has 16 heavy (non-hydrogen) atoms. The summed E-state index contributed by atoms with van der Waals surface area (Å²) in [6.45, 7) is 5.90. The third-order valence-corrected chi connectivity index (χ3v) is 2.74. The second kappa shape index (κ2) is 5.28. The highest BCUT2D eigenvalue weighted by Crippen LogP contribution is 2.15. The molecular formula is C11H19N3O2. The fourth-order valence-corrected chi connectivity index (χ4v) is 1.48. The highest BCUT2D eigenvalue weighted by Gasteiger charge is 2.33. The van der Waals surface area contributed by atoms with Gasteiger partial charge in [-0.15, -0.1) is 0 Å². The SMILES string of the molecule is CC(C#N)CN(C)C(=O)COC1(C)CNC1. The molecule has 0 radical (unpaired) electrons. The fourth-order valence-electron chi connectivity index (χ4n) is 1.48. The molecule has 5 nitrogen and oxygen atoms in total. The maximum Gasteiger partial charge on any atom is 0.248 e. The highest BCUT2D eigenvalue weighted by atomic mass is 16.5. The second-order valence-electron chi connectivity index (χ2n) is 4.65. The van der Waals surface area contributed by atoms with Crippen LogP contribution in [0.4, 0.5) is 0 Å². The normalized spacial score (nSPS) is 19.4. The van der Waals surface area contributed by atoms with Crippen LogP contribution < -0.4 is 5.32 Å². The number of nitriles is 1.